The highest BCUT2D eigenvalue weighted by Gasteiger charge is 2.10. The molecule has 0 aliphatic heterocycles. The molecule has 0 saturated heterocycles. The second-order valence-electron chi connectivity index (χ2n) is 4.28. The fourth-order valence-electron chi connectivity index (χ4n) is 2.41. The molecule has 2 aromatic carbocycles. The van der Waals surface area contributed by atoms with Crippen LogP contribution in [-0.2, 0) is 0 Å². The number of benzene rings is 2. The third-order valence-corrected chi connectivity index (χ3v) is 3.45. The Kier molecular flexibility index (Phi) is 1.91. The summed E-state index contributed by atoms with van der Waals surface area (Å²) in [5.74, 6) is 0. The lowest BCUT2D eigenvalue weighted by Gasteiger charge is -1.98. The minimum atomic E-state index is 0.714. The summed E-state index contributed by atoms with van der Waals surface area (Å²) in [4.78, 5) is 4.20. The van der Waals surface area contributed by atoms with E-state index < -0.39 is 0 Å². The molecule has 2 heterocycles. The predicted octanol–water partition coefficient (Wildman–Crippen LogP) is 4.79. The number of hydrogen-bond donors (Lipinski definition) is 0. The molecule has 18 heavy (non-hydrogen) atoms. The van der Waals surface area contributed by atoms with E-state index in [9.17, 15) is 0 Å². The van der Waals surface area contributed by atoms with E-state index in [0.717, 1.165) is 32.7 Å². The summed E-state index contributed by atoms with van der Waals surface area (Å²) in [7, 11) is 0. The van der Waals surface area contributed by atoms with Crippen LogP contribution in [-0.4, -0.2) is 4.98 Å². The van der Waals surface area contributed by atoms with Gasteiger partial charge in [0.25, 0.3) is 0 Å². The minimum absolute atomic E-state index is 0.714. The van der Waals surface area contributed by atoms with Crippen molar-refractivity contribution in [2.75, 3.05) is 0 Å². The van der Waals surface area contributed by atoms with E-state index >= 15 is 0 Å². The Morgan fingerprint density at radius 3 is 2.78 bits per heavy atom. The van der Waals surface area contributed by atoms with Crippen LogP contribution >= 0.6 is 11.6 Å². The predicted molar refractivity (Wildman–Crippen MR) is 74.0 cm³/mol. The highest BCUT2D eigenvalue weighted by molar-refractivity contribution is 6.32. The van der Waals surface area contributed by atoms with Crippen LogP contribution in [0, 0.1) is 0 Å². The summed E-state index contributed by atoms with van der Waals surface area (Å²) in [6, 6.07) is 11.7. The first-order chi connectivity index (χ1) is 8.83. The van der Waals surface area contributed by atoms with Crippen LogP contribution in [0.1, 0.15) is 0 Å². The van der Waals surface area contributed by atoms with E-state index in [2.05, 4.69) is 4.98 Å². The monoisotopic (exact) mass is 253 g/mol. The van der Waals surface area contributed by atoms with Gasteiger partial charge in [0, 0.05) is 33.6 Å². The summed E-state index contributed by atoms with van der Waals surface area (Å²) < 4.78 is 5.83. The van der Waals surface area contributed by atoms with Crippen LogP contribution in [0.4, 0.5) is 0 Å². The van der Waals surface area contributed by atoms with Crippen molar-refractivity contribution in [1.29, 1.82) is 0 Å². The molecule has 0 spiro atoms. The number of pyridine rings is 1. The first-order valence-electron chi connectivity index (χ1n) is 5.67. The molecule has 0 saturated carbocycles. The zero-order chi connectivity index (χ0) is 12.1. The Bertz CT molecular complexity index is 895. The standard InChI is InChI=1S/C15H8ClNO/c16-10-2-4-13-11(7-10)15-12-8-17-6-5-9(12)1-3-14(15)18-13/h1-8H. The zero-order valence-corrected chi connectivity index (χ0v) is 10.1. The normalized spacial score (nSPS) is 11.6. The molecular formula is C15H8ClNO. The Hall–Kier alpha value is -2.06. The van der Waals surface area contributed by atoms with Crippen LogP contribution in [0.2, 0.25) is 5.02 Å². The summed E-state index contributed by atoms with van der Waals surface area (Å²) in [5, 5.41) is 5.08. The third kappa shape index (κ3) is 1.27. The van der Waals surface area contributed by atoms with Crippen LogP contribution in [0.3, 0.4) is 0 Å². The van der Waals surface area contributed by atoms with Gasteiger partial charge in [0.1, 0.15) is 11.2 Å². The Labute approximate surface area is 108 Å². The second kappa shape index (κ2) is 3.47. The van der Waals surface area contributed by atoms with Gasteiger partial charge in [-0.3, -0.25) is 4.98 Å². The number of rotatable bonds is 0. The van der Waals surface area contributed by atoms with Crippen molar-refractivity contribution < 1.29 is 4.42 Å². The highest BCUT2D eigenvalue weighted by atomic mass is 35.5. The maximum absolute atomic E-state index is 6.07. The number of aromatic nitrogens is 1. The molecule has 4 rings (SSSR count). The maximum atomic E-state index is 6.07. The van der Waals surface area contributed by atoms with E-state index in [4.69, 9.17) is 16.0 Å². The highest BCUT2D eigenvalue weighted by Crippen LogP contribution is 2.35. The van der Waals surface area contributed by atoms with Gasteiger partial charge in [-0.05, 0) is 35.7 Å². The maximum Gasteiger partial charge on any atom is 0.136 e. The molecule has 0 radical (unpaired) electrons. The van der Waals surface area contributed by atoms with E-state index in [1.165, 1.54) is 0 Å². The van der Waals surface area contributed by atoms with Crippen molar-refractivity contribution in [3.63, 3.8) is 0 Å². The Morgan fingerprint density at radius 2 is 1.83 bits per heavy atom. The molecule has 0 N–H and O–H groups in total. The zero-order valence-electron chi connectivity index (χ0n) is 9.35. The van der Waals surface area contributed by atoms with E-state index in [-0.39, 0.29) is 0 Å². The molecule has 0 bridgehead atoms. The average molecular weight is 254 g/mol. The molecule has 2 aromatic heterocycles. The van der Waals surface area contributed by atoms with Gasteiger partial charge in [0.2, 0.25) is 0 Å². The molecule has 0 amide bonds. The Morgan fingerprint density at radius 1 is 0.944 bits per heavy atom. The quantitative estimate of drug-likeness (QED) is 0.450. The van der Waals surface area contributed by atoms with Crippen molar-refractivity contribution >= 4 is 44.3 Å². The first kappa shape index (κ1) is 9.92. The van der Waals surface area contributed by atoms with Crippen molar-refractivity contribution in [2.24, 2.45) is 0 Å². The molecule has 4 aromatic rings. The van der Waals surface area contributed by atoms with Gasteiger partial charge in [-0.25, -0.2) is 0 Å². The van der Waals surface area contributed by atoms with Crippen molar-refractivity contribution in [1.82, 2.24) is 4.98 Å². The number of hydrogen-bond acceptors (Lipinski definition) is 2. The fraction of sp³-hybridized carbons (Fsp3) is 0. The number of halogens is 1. The largest absolute Gasteiger partial charge is 0.456 e. The topological polar surface area (TPSA) is 26.0 Å². The van der Waals surface area contributed by atoms with E-state index in [0.29, 0.717) is 5.02 Å². The summed E-state index contributed by atoms with van der Waals surface area (Å²) >= 11 is 6.07. The van der Waals surface area contributed by atoms with E-state index in [1.54, 1.807) is 6.20 Å². The Balaban J connectivity index is 2.35. The molecular weight excluding hydrogens is 246 g/mol. The van der Waals surface area contributed by atoms with E-state index in [1.807, 2.05) is 42.6 Å². The average Bonchev–Trinajstić information content (AvgIpc) is 2.77. The first-order valence-corrected chi connectivity index (χ1v) is 6.05. The minimum Gasteiger partial charge on any atom is -0.456 e. The SMILES string of the molecule is Clc1ccc2oc3ccc4ccncc4c3c2c1. The smallest absolute Gasteiger partial charge is 0.136 e. The summed E-state index contributed by atoms with van der Waals surface area (Å²) in [5.41, 5.74) is 1.72. The molecule has 0 aliphatic rings. The lowest BCUT2D eigenvalue weighted by atomic mass is 10.1. The van der Waals surface area contributed by atoms with Crippen molar-refractivity contribution in [2.45, 2.75) is 0 Å². The number of fused-ring (bicyclic) bond motifs is 5. The number of nitrogens with zero attached hydrogens (tertiary/aromatic N) is 1. The number of furan rings is 1. The van der Waals surface area contributed by atoms with Crippen molar-refractivity contribution in [3.8, 4) is 0 Å². The van der Waals surface area contributed by atoms with Gasteiger partial charge in [0.05, 0.1) is 0 Å². The second-order valence-corrected chi connectivity index (χ2v) is 4.71. The molecule has 0 aliphatic carbocycles. The van der Waals surface area contributed by atoms with Crippen molar-refractivity contribution in [3.05, 3.63) is 53.8 Å². The molecule has 0 unspecified atom stereocenters. The van der Waals surface area contributed by atoms with Crippen LogP contribution < -0.4 is 0 Å². The summed E-state index contributed by atoms with van der Waals surface area (Å²) in [6.07, 6.45) is 3.66. The third-order valence-electron chi connectivity index (χ3n) is 3.22. The van der Waals surface area contributed by atoms with Gasteiger partial charge < -0.3 is 4.42 Å². The molecule has 86 valence electrons. The van der Waals surface area contributed by atoms with Gasteiger partial charge in [-0.1, -0.05) is 17.7 Å². The van der Waals surface area contributed by atoms with Gasteiger partial charge >= 0.3 is 0 Å². The molecule has 0 atom stereocenters. The lowest BCUT2D eigenvalue weighted by molar-refractivity contribution is 0.669. The van der Waals surface area contributed by atoms with Crippen LogP contribution in [0.15, 0.2) is 53.2 Å². The molecule has 2 nitrogen and oxygen atoms in total. The van der Waals surface area contributed by atoms with Crippen LogP contribution in [0.25, 0.3) is 32.7 Å². The van der Waals surface area contributed by atoms with Gasteiger partial charge in [0.15, 0.2) is 0 Å². The fourth-order valence-corrected chi connectivity index (χ4v) is 2.58. The molecule has 3 heteroatoms. The summed E-state index contributed by atoms with van der Waals surface area (Å²) in [6.45, 7) is 0. The van der Waals surface area contributed by atoms with Gasteiger partial charge in [-0.2, -0.15) is 0 Å². The lowest BCUT2D eigenvalue weighted by Crippen LogP contribution is -1.76. The van der Waals surface area contributed by atoms with Gasteiger partial charge in [-0.15, -0.1) is 0 Å². The van der Waals surface area contributed by atoms with Crippen LogP contribution in [0.5, 0.6) is 0 Å². The molecule has 0 fully saturated rings.